The van der Waals surface area contributed by atoms with E-state index in [2.05, 4.69) is 36.5 Å². The zero-order valence-electron chi connectivity index (χ0n) is 13.3. The van der Waals surface area contributed by atoms with Crippen molar-refractivity contribution in [3.8, 4) is 0 Å². The van der Waals surface area contributed by atoms with Crippen LogP contribution >= 0.6 is 0 Å². The molecule has 128 valence electrons. The molecule has 6 nitrogen and oxygen atoms in total. The Hall–Kier alpha value is -1.92. The van der Waals surface area contributed by atoms with E-state index in [9.17, 15) is 14.7 Å². The van der Waals surface area contributed by atoms with Gasteiger partial charge in [-0.25, -0.2) is 0 Å². The Morgan fingerprint density at radius 2 is 1.70 bits per heavy atom. The highest BCUT2D eigenvalue weighted by Gasteiger charge is 2.26. The van der Waals surface area contributed by atoms with Gasteiger partial charge in [-0.15, -0.1) is 0 Å². The predicted molar refractivity (Wildman–Crippen MR) is 86.1 cm³/mol. The second kappa shape index (κ2) is 9.97. The van der Waals surface area contributed by atoms with Crippen LogP contribution in [0.5, 0.6) is 0 Å². The van der Waals surface area contributed by atoms with E-state index in [4.69, 9.17) is 10.2 Å². The lowest BCUT2D eigenvalue weighted by Crippen LogP contribution is -2.37. The highest BCUT2D eigenvalue weighted by molar-refractivity contribution is 5.75. The van der Waals surface area contributed by atoms with Crippen LogP contribution in [0.4, 0.5) is 0 Å². The molecule has 1 aliphatic carbocycles. The van der Waals surface area contributed by atoms with Crippen molar-refractivity contribution in [3.63, 3.8) is 0 Å². The number of aliphatic carboxylic acids is 2. The van der Waals surface area contributed by atoms with Gasteiger partial charge >= 0.3 is 11.9 Å². The van der Waals surface area contributed by atoms with Crippen LogP contribution in [0.15, 0.2) is 30.3 Å². The first kappa shape index (κ1) is 19.1. The van der Waals surface area contributed by atoms with E-state index < -0.39 is 11.9 Å². The number of aliphatic hydroxyl groups is 1. The summed E-state index contributed by atoms with van der Waals surface area (Å²) >= 11 is 0. The molecule has 4 N–H and O–H groups in total. The number of rotatable bonds is 6. The van der Waals surface area contributed by atoms with Gasteiger partial charge in [0.25, 0.3) is 0 Å². The lowest BCUT2D eigenvalue weighted by Gasteiger charge is -2.22. The van der Waals surface area contributed by atoms with Crippen molar-refractivity contribution in [2.75, 3.05) is 0 Å². The minimum Gasteiger partial charge on any atom is -0.481 e. The van der Waals surface area contributed by atoms with Crippen LogP contribution in [-0.4, -0.2) is 39.4 Å². The van der Waals surface area contributed by atoms with Gasteiger partial charge in [0, 0.05) is 12.1 Å². The van der Waals surface area contributed by atoms with Crippen LogP contribution in [0.1, 0.15) is 50.6 Å². The zero-order chi connectivity index (χ0) is 17.2. The molecule has 0 heterocycles. The van der Waals surface area contributed by atoms with Gasteiger partial charge in [-0.2, -0.15) is 0 Å². The fourth-order valence-corrected chi connectivity index (χ4v) is 2.51. The molecule has 1 unspecified atom stereocenters. The Morgan fingerprint density at radius 1 is 1.13 bits per heavy atom. The van der Waals surface area contributed by atoms with Crippen LogP contribution in [0, 0.1) is 0 Å². The molecule has 0 amide bonds. The molecule has 1 aromatic rings. The van der Waals surface area contributed by atoms with E-state index in [0.717, 1.165) is 19.3 Å². The molecule has 3 atom stereocenters. The summed E-state index contributed by atoms with van der Waals surface area (Å²) in [6, 6.07) is 11.0. The molecule has 1 aromatic carbocycles. The van der Waals surface area contributed by atoms with Crippen LogP contribution in [-0.2, 0) is 9.59 Å². The summed E-state index contributed by atoms with van der Waals surface area (Å²) in [4.78, 5) is 19.3. The largest absolute Gasteiger partial charge is 0.481 e. The van der Waals surface area contributed by atoms with Crippen LogP contribution in [0.25, 0.3) is 0 Å². The van der Waals surface area contributed by atoms with E-state index >= 15 is 0 Å². The lowest BCUT2D eigenvalue weighted by molar-refractivity contribution is -0.143. The van der Waals surface area contributed by atoms with E-state index in [-0.39, 0.29) is 25.0 Å². The standard InChI is InChI=1S/C13H19NO.C4H6O4/c1-10(11-6-3-2-4-7-11)14-12-8-5-9-13(12)15;5-3(6)1-2-4(7)8/h2-4,6-7,10,12-15H,5,8-9H2,1H3;1-2H2,(H,5,6)(H,7,8)/t10?,12-,13-;/m0./s1. The molecule has 0 radical (unpaired) electrons. The summed E-state index contributed by atoms with van der Waals surface area (Å²) in [6.07, 6.45) is 2.43. The Morgan fingerprint density at radius 3 is 2.13 bits per heavy atom. The number of carbonyl (C=O) groups is 2. The average molecular weight is 323 g/mol. The number of carboxylic acid groups (broad SMARTS) is 2. The molecule has 23 heavy (non-hydrogen) atoms. The normalized spacial score (nSPS) is 21.1. The van der Waals surface area contributed by atoms with Crippen molar-refractivity contribution in [2.24, 2.45) is 0 Å². The number of hydrogen-bond acceptors (Lipinski definition) is 4. The average Bonchev–Trinajstić information content (AvgIpc) is 2.92. The van der Waals surface area contributed by atoms with Crippen molar-refractivity contribution >= 4 is 11.9 Å². The maximum Gasteiger partial charge on any atom is 0.303 e. The van der Waals surface area contributed by atoms with Crippen LogP contribution < -0.4 is 5.32 Å². The number of benzene rings is 1. The van der Waals surface area contributed by atoms with E-state index in [1.54, 1.807) is 0 Å². The topological polar surface area (TPSA) is 107 Å². The summed E-state index contributed by atoms with van der Waals surface area (Å²) in [6.45, 7) is 2.15. The minimum absolute atomic E-state index is 0.156. The summed E-state index contributed by atoms with van der Waals surface area (Å²) < 4.78 is 0. The highest BCUT2D eigenvalue weighted by atomic mass is 16.4. The second-order valence-electron chi connectivity index (χ2n) is 5.69. The minimum atomic E-state index is -1.08. The van der Waals surface area contributed by atoms with Crippen molar-refractivity contribution in [1.29, 1.82) is 0 Å². The van der Waals surface area contributed by atoms with Crippen molar-refractivity contribution in [2.45, 2.75) is 57.2 Å². The van der Waals surface area contributed by atoms with Crippen molar-refractivity contribution < 1.29 is 24.9 Å². The van der Waals surface area contributed by atoms with Gasteiger partial charge in [0.15, 0.2) is 0 Å². The number of carboxylic acids is 2. The molecular formula is C17H25NO5. The molecule has 2 rings (SSSR count). The highest BCUT2D eigenvalue weighted by Crippen LogP contribution is 2.22. The maximum atomic E-state index is 9.72. The number of aliphatic hydroxyl groups excluding tert-OH is 1. The molecule has 0 bridgehead atoms. The molecule has 0 aromatic heterocycles. The van der Waals surface area contributed by atoms with Gasteiger partial charge < -0.3 is 20.6 Å². The fraction of sp³-hybridized carbons (Fsp3) is 0.529. The van der Waals surface area contributed by atoms with Gasteiger partial charge in [-0.3, -0.25) is 9.59 Å². The van der Waals surface area contributed by atoms with Gasteiger partial charge in [0.2, 0.25) is 0 Å². The van der Waals surface area contributed by atoms with E-state index in [1.165, 1.54) is 5.56 Å². The molecule has 6 heteroatoms. The van der Waals surface area contributed by atoms with Gasteiger partial charge in [-0.1, -0.05) is 30.3 Å². The van der Waals surface area contributed by atoms with Crippen molar-refractivity contribution in [1.82, 2.24) is 5.32 Å². The maximum absolute atomic E-state index is 9.72. The Bertz CT molecular complexity index is 477. The molecule has 0 aliphatic heterocycles. The van der Waals surface area contributed by atoms with Gasteiger partial charge in [0.05, 0.1) is 18.9 Å². The first-order chi connectivity index (χ1) is 10.9. The number of nitrogens with one attached hydrogen (secondary N) is 1. The van der Waals surface area contributed by atoms with Crippen LogP contribution in [0.2, 0.25) is 0 Å². The molecule has 1 aliphatic rings. The Kier molecular flexibility index (Phi) is 8.29. The Labute approximate surface area is 136 Å². The van der Waals surface area contributed by atoms with Gasteiger partial charge in [0.1, 0.15) is 0 Å². The smallest absolute Gasteiger partial charge is 0.303 e. The van der Waals surface area contributed by atoms with Crippen LogP contribution in [0.3, 0.4) is 0 Å². The second-order valence-corrected chi connectivity index (χ2v) is 5.69. The van der Waals surface area contributed by atoms with E-state index in [0.29, 0.717) is 6.04 Å². The summed E-state index contributed by atoms with van der Waals surface area (Å²) in [5.74, 6) is -2.15. The molecule has 0 spiro atoms. The number of hydrogen-bond donors (Lipinski definition) is 4. The molecular weight excluding hydrogens is 298 g/mol. The third-order valence-electron chi connectivity index (χ3n) is 3.80. The zero-order valence-corrected chi connectivity index (χ0v) is 13.3. The molecule has 1 fully saturated rings. The predicted octanol–water partition coefficient (Wildman–Crippen LogP) is 2.19. The van der Waals surface area contributed by atoms with Crippen molar-refractivity contribution in [3.05, 3.63) is 35.9 Å². The van der Waals surface area contributed by atoms with E-state index in [1.807, 2.05) is 6.07 Å². The third-order valence-corrected chi connectivity index (χ3v) is 3.80. The van der Waals surface area contributed by atoms with Gasteiger partial charge in [-0.05, 0) is 31.7 Å². The fourth-order valence-electron chi connectivity index (χ4n) is 2.51. The summed E-state index contributed by atoms with van der Waals surface area (Å²) in [5.41, 5.74) is 1.29. The third kappa shape index (κ3) is 7.76. The first-order valence-corrected chi connectivity index (χ1v) is 7.82. The summed E-state index contributed by atoms with van der Waals surface area (Å²) in [5, 5.41) is 29.0. The quantitative estimate of drug-likeness (QED) is 0.639. The molecule has 0 saturated heterocycles. The first-order valence-electron chi connectivity index (χ1n) is 7.82. The SMILES string of the molecule is CC(N[C@H]1CCC[C@@H]1O)c1ccccc1.O=C(O)CCC(=O)O. The Balaban J connectivity index is 0.000000284. The summed E-state index contributed by atoms with van der Waals surface area (Å²) in [7, 11) is 0. The lowest BCUT2D eigenvalue weighted by atomic mass is 10.1. The monoisotopic (exact) mass is 323 g/mol. The molecule has 1 saturated carbocycles.